The van der Waals surface area contributed by atoms with Gasteiger partial charge in [-0.2, -0.15) is 0 Å². The Hall–Kier alpha value is -1.23. The quantitative estimate of drug-likeness (QED) is 0.784. The highest BCUT2D eigenvalue weighted by atomic mass is 32.2. The number of nitrogens with zero attached hydrogens (tertiary/aromatic N) is 1. The van der Waals surface area contributed by atoms with Crippen molar-refractivity contribution in [3.05, 3.63) is 24.3 Å². The minimum atomic E-state index is -2.86. The molecule has 0 radical (unpaired) electrons. The molecule has 4 nitrogen and oxygen atoms in total. The van der Waals surface area contributed by atoms with Gasteiger partial charge in [0.2, 0.25) is 0 Å². The van der Waals surface area contributed by atoms with E-state index in [1.807, 2.05) is 36.2 Å². The molecule has 1 aromatic rings. The van der Waals surface area contributed by atoms with Crippen molar-refractivity contribution in [2.45, 2.75) is 13.3 Å². The Balaban J connectivity index is 2.48. The molecule has 0 bridgehead atoms. The van der Waals surface area contributed by atoms with Gasteiger partial charge in [0.25, 0.3) is 0 Å². The molecule has 0 aliphatic carbocycles. The van der Waals surface area contributed by atoms with E-state index in [1.54, 1.807) is 6.92 Å². The van der Waals surface area contributed by atoms with Crippen LogP contribution in [0.4, 0.5) is 11.4 Å². The maximum Gasteiger partial charge on any atom is 0.150 e. The van der Waals surface area contributed by atoms with Gasteiger partial charge in [0, 0.05) is 30.7 Å². The first-order chi connectivity index (χ1) is 7.94. The van der Waals surface area contributed by atoms with Crippen molar-refractivity contribution in [3.8, 4) is 0 Å². The average molecular weight is 256 g/mol. The van der Waals surface area contributed by atoms with Gasteiger partial charge in [-0.3, -0.25) is 0 Å². The van der Waals surface area contributed by atoms with E-state index in [2.05, 4.69) is 0 Å². The first-order valence-corrected chi connectivity index (χ1v) is 7.54. The van der Waals surface area contributed by atoms with E-state index in [-0.39, 0.29) is 11.5 Å². The van der Waals surface area contributed by atoms with Crippen LogP contribution in [-0.2, 0) is 9.84 Å². The van der Waals surface area contributed by atoms with Crippen molar-refractivity contribution in [1.29, 1.82) is 0 Å². The zero-order valence-corrected chi connectivity index (χ0v) is 11.2. The maximum atomic E-state index is 11.3. The van der Waals surface area contributed by atoms with Crippen LogP contribution in [0.15, 0.2) is 24.3 Å². The molecule has 0 aromatic heterocycles. The molecule has 5 heteroatoms. The second-order valence-corrected chi connectivity index (χ2v) is 6.58. The van der Waals surface area contributed by atoms with Crippen molar-refractivity contribution >= 4 is 21.2 Å². The highest BCUT2D eigenvalue weighted by molar-refractivity contribution is 7.91. The van der Waals surface area contributed by atoms with Crippen molar-refractivity contribution in [2.75, 3.05) is 35.7 Å². The van der Waals surface area contributed by atoms with Crippen LogP contribution in [-0.4, -0.2) is 33.5 Å². The van der Waals surface area contributed by atoms with E-state index < -0.39 is 9.84 Å². The first-order valence-electron chi connectivity index (χ1n) is 5.71. The number of sulfone groups is 1. The number of rotatable bonds is 6. The normalized spacial score (nSPS) is 11.4. The second kappa shape index (κ2) is 5.91. The third-order valence-corrected chi connectivity index (χ3v) is 4.49. The lowest BCUT2D eigenvalue weighted by atomic mass is 10.2. The third kappa shape index (κ3) is 4.65. The zero-order chi connectivity index (χ0) is 12.9. The number of hydrogen-bond acceptors (Lipinski definition) is 4. The fourth-order valence-electron chi connectivity index (χ4n) is 1.56. The van der Waals surface area contributed by atoms with Crippen molar-refractivity contribution < 1.29 is 8.42 Å². The molecule has 0 aliphatic heterocycles. The highest BCUT2D eigenvalue weighted by Crippen LogP contribution is 2.16. The molecule has 96 valence electrons. The number of anilines is 2. The predicted molar refractivity (Wildman–Crippen MR) is 73.1 cm³/mol. The van der Waals surface area contributed by atoms with Crippen LogP contribution in [0, 0.1) is 0 Å². The predicted octanol–water partition coefficient (Wildman–Crippen LogP) is 1.53. The first kappa shape index (κ1) is 13.8. The summed E-state index contributed by atoms with van der Waals surface area (Å²) in [6, 6.07) is 7.57. The van der Waals surface area contributed by atoms with Crippen LogP contribution in [0.3, 0.4) is 0 Å². The van der Waals surface area contributed by atoms with Crippen LogP contribution in [0.5, 0.6) is 0 Å². The van der Waals surface area contributed by atoms with Crippen molar-refractivity contribution in [2.24, 2.45) is 0 Å². The van der Waals surface area contributed by atoms with Gasteiger partial charge < -0.3 is 10.6 Å². The average Bonchev–Trinajstić information content (AvgIpc) is 2.28. The highest BCUT2D eigenvalue weighted by Gasteiger charge is 2.08. The van der Waals surface area contributed by atoms with E-state index in [1.165, 1.54) is 0 Å². The van der Waals surface area contributed by atoms with Crippen LogP contribution >= 0.6 is 0 Å². The standard InChI is InChI=1S/C12H20N2O2S/c1-3-17(15,16)9-5-8-14(2)12-7-4-6-11(13)10-12/h4,6-7,10H,3,5,8-9,13H2,1-2H3. The number of nitrogens with two attached hydrogens (primary N) is 1. The summed E-state index contributed by atoms with van der Waals surface area (Å²) in [6.07, 6.45) is 0.640. The van der Waals surface area contributed by atoms with Gasteiger partial charge in [-0.1, -0.05) is 13.0 Å². The lowest BCUT2D eigenvalue weighted by Gasteiger charge is -2.19. The van der Waals surface area contributed by atoms with E-state index >= 15 is 0 Å². The summed E-state index contributed by atoms with van der Waals surface area (Å²) in [5.41, 5.74) is 7.42. The molecular weight excluding hydrogens is 236 g/mol. The summed E-state index contributed by atoms with van der Waals surface area (Å²) >= 11 is 0. The van der Waals surface area contributed by atoms with Crippen LogP contribution < -0.4 is 10.6 Å². The molecule has 0 atom stereocenters. The topological polar surface area (TPSA) is 63.4 Å². The number of hydrogen-bond donors (Lipinski definition) is 1. The maximum absolute atomic E-state index is 11.3. The molecule has 2 N–H and O–H groups in total. The summed E-state index contributed by atoms with van der Waals surface area (Å²) in [5.74, 6) is 0.463. The zero-order valence-electron chi connectivity index (χ0n) is 10.4. The minimum Gasteiger partial charge on any atom is -0.399 e. The fraction of sp³-hybridized carbons (Fsp3) is 0.500. The lowest BCUT2D eigenvalue weighted by Crippen LogP contribution is -2.21. The molecule has 0 saturated heterocycles. The molecule has 0 unspecified atom stereocenters. The summed E-state index contributed by atoms with van der Waals surface area (Å²) in [5, 5.41) is 0. The molecule has 0 spiro atoms. The van der Waals surface area contributed by atoms with E-state index in [0.29, 0.717) is 13.0 Å². The molecule has 0 fully saturated rings. The summed E-state index contributed by atoms with van der Waals surface area (Å²) in [7, 11) is -0.919. The van der Waals surface area contributed by atoms with Gasteiger partial charge in [-0.25, -0.2) is 8.42 Å². The molecule has 17 heavy (non-hydrogen) atoms. The lowest BCUT2D eigenvalue weighted by molar-refractivity contribution is 0.594. The van der Waals surface area contributed by atoms with Gasteiger partial charge in [-0.05, 0) is 24.6 Å². The van der Waals surface area contributed by atoms with Gasteiger partial charge in [0.05, 0.1) is 5.75 Å². The molecular formula is C12H20N2O2S. The number of benzene rings is 1. The summed E-state index contributed by atoms with van der Waals surface area (Å²) < 4.78 is 22.7. The second-order valence-electron chi connectivity index (χ2n) is 4.11. The van der Waals surface area contributed by atoms with Crippen molar-refractivity contribution in [1.82, 2.24) is 0 Å². The van der Waals surface area contributed by atoms with Crippen LogP contribution in [0.25, 0.3) is 0 Å². The van der Waals surface area contributed by atoms with Gasteiger partial charge in [-0.15, -0.1) is 0 Å². The van der Waals surface area contributed by atoms with Crippen LogP contribution in [0.1, 0.15) is 13.3 Å². The Bertz CT molecular complexity index is 457. The largest absolute Gasteiger partial charge is 0.399 e. The van der Waals surface area contributed by atoms with Gasteiger partial charge in [0.15, 0.2) is 0 Å². The SMILES string of the molecule is CCS(=O)(=O)CCCN(C)c1cccc(N)c1. The van der Waals surface area contributed by atoms with E-state index in [9.17, 15) is 8.42 Å². The summed E-state index contributed by atoms with van der Waals surface area (Å²) in [6.45, 7) is 2.39. The Kier molecular flexibility index (Phi) is 4.81. The molecule has 0 aliphatic rings. The van der Waals surface area contributed by atoms with Gasteiger partial charge in [0.1, 0.15) is 9.84 Å². The molecule has 0 saturated carbocycles. The van der Waals surface area contributed by atoms with E-state index in [4.69, 9.17) is 5.73 Å². The van der Waals surface area contributed by atoms with E-state index in [0.717, 1.165) is 11.4 Å². The number of nitrogen functional groups attached to an aromatic ring is 1. The Labute approximate surface area is 103 Å². The van der Waals surface area contributed by atoms with Crippen LogP contribution in [0.2, 0.25) is 0 Å². The Morgan fingerprint density at radius 1 is 1.35 bits per heavy atom. The smallest absolute Gasteiger partial charge is 0.150 e. The molecule has 1 aromatic carbocycles. The third-order valence-electron chi connectivity index (χ3n) is 2.70. The monoisotopic (exact) mass is 256 g/mol. The molecule has 0 amide bonds. The van der Waals surface area contributed by atoms with Gasteiger partial charge >= 0.3 is 0 Å². The minimum absolute atomic E-state index is 0.217. The fourth-order valence-corrected chi connectivity index (χ4v) is 2.41. The van der Waals surface area contributed by atoms with Crippen molar-refractivity contribution in [3.63, 3.8) is 0 Å². The Morgan fingerprint density at radius 3 is 2.65 bits per heavy atom. The summed E-state index contributed by atoms with van der Waals surface area (Å²) in [4.78, 5) is 2.02. The molecule has 0 heterocycles. The molecule has 1 rings (SSSR count). The Morgan fingerprint density at radius 2 is 2.06 bits per heavy atom.